The maximum atomic E-state index is 13.4. The average Bonchev–Trinajstić information content (AvgIpc) is 3.36. The summed E-state index contributed by atoms with van der Waals surface area (Å²) in [5.41, 5.74) is 6.33. The number of halogens is 1. The Bertz CT molecular complexity index is 1450. The first-order valence-corrected chi connectivity index (χ1v) is 16.5. The largest absolute Gasteiger partial charge is 0.486 e. The van der Waals surface area contributed by atoms with Crippen LogP contribution in [-0.2, 0) is 23.0 Å². The second kappa shape index (κ2) is 12.8. The molecule has 2 fully saturated rings. The lowest BCUT2D eigenvalue weighted by molar-refractivity contribution is 0.0293. The van der Waals surface area contributed by atoms with Crippen molar-refractivity contribution in [2.75, 3.05) is 65.6 Å². The minimum absolute atomic E-state index is 0.0775. The van der Waals surface area contributed by atoms with Gasteiger partial charge < -0.3 is 14.4 Å². The maximum Gasteiger partial charge on any atom is 0.253 e. The third kappa shape index (κ3) is 7.15. The summed E-state index contributed by atoms with van der Waals surface area (Å²) < 4.78 is 12.2. The van der Waals surface area contributed by atoms with Crippen molar-refractivity contribution < 1.29 is 14.3 Å². The zero-order valence-electron chi connectivity index (χ0n) is 26.7. The Morgan fingerprint density at radius 2 is 1.48 bits per heavy atom. The van der Waals surface area contributed by atoms with Crippen LogP contribution in [0.3, 0.4) is 0 Å². The molecule has 6 nitrogen and oxygen atoms in total. The van der Waals surface area contributed by atoms with Crippen molar-refractivity contribution in [3.63, 3.8) is 0 Å². The highest BCUT2D eigenvalue weighted by Gasteiger charge is 2.38. The van der Waals surface area contributed by atoms with Gasteiger partial charge in [-0.15, -0.1) is 0 Å². The number of benzene rings is 3. The molecule has 0 saturated carbocycles. The second-order valence-electron chi connectivity index (χ2n) is 14.0. The van der Waals surface area contributed by atoms with E-state index in [1.54, 1.807) is 0 Å². The van der Waals surface area contributed by atoms with Crippen LogP contribution in [0.5, 0.6) is 5.75 Å². The normalized spacial score (nSPS) is 21.2. The molecular weight excluding hydrogens is 570 g/mol. The SMILES string of the molecule is CC1(Cc2ccc(Cl)cc2)Cc2cc(-c3ccc(C(=O)N4CCN(CCN5CCOCC5)CC4)cc3)cc(C(C)(C)C)c2O1. The Balaban J connectivity index is 1.12. The van der Waals surface area contributed by atoms with Crippen molar-refractivity contribution in [1.82, 2.24) is 14.7 Å². The van der Waals surface area contributed by atoms with E-state index in [1.165, 1.54) is 22.3 Å². The van der Waals surface area contributed by atoms with E-state index in [-0.39, 0.29) is 16.9 Å². The van der Waals surface area contributed by atoms with Crippen LogP contribution in [0.4, 0.5) is 0 Å². The first-order chi connectivity index (χ1) is 21.1. The number of hydrogen-bond acceptors (Lipinski definition) is 5. The lowest BCUT2D eigenvalue weighted by atomic mass is 9.82. The van der Waals surface area contributed by atoms with Crippen LogP contribution in [0.25, 0.3) is 11.1 Å². The van der Waals surface area contributed by atoms with Gasteiger partial charge in [-0.25, -0.2) is 0 Å². The number of amides is 1. The van der Waals surface area contributed by atoms with Gasteiger partial charge in [0.15, 0.2) is 0 Å². The molecule has 2 saturated heterocycles. The number of morpholine rings is 1. The zero-order chi connectivity index (χ0) is 30.9. The van der Waals surface area contributed by atoms with Crippen LogP contribution in [0.2, 0.25) is 5.02 Å². The van der Waals surface area contributed by atoms with Crippen molar-refractivity contribution >= 4 is 17.5 Å². The Morgan fingerprint density at radius 1 is 0.841 bits per heavy atom. The third-order valence-corrected chi connectivity index (χ3v) is 9.59. The van der Waals surface area contributed by atoms with Gasteiger partial charge in [0, 0.05) is 81.3 Å². The molecule has 0 aliphatic carbocycles. The molecule has 7 heteroatoms. The second-order valence-corrected chi connectivity index (χ2v) is 14.4. The van der Waals surface area contributed by atoms with E-state index < -0.39 is 0 Å². The van der Waals surface area contributed by atoms with Crippen molar-refractivity contribution in [1.29, 1.82) is 0 Å². The van der Waals surface area contributed by atoms with E-state index in [4.69, 9.17) is 21.1 Å². The number of fused-ring (bicyclic) bond motifs is 1. The predicted molar refractivity (Wildman–Crippen MR) is 178 cm³/mol. The summed E-state index contributed by atoms with van der Waals surface area (Å²) in [4.78, 5) is 20.4. The number of rotatable bonds is 7. The first-order valence-electron chi connectivity index (χ1n) is 16.1. The van der Waals surface area contributed by atoms with Crippen LogP contribution in [0.15, 0.2) is 60.7 Å². The summed E-state index contributed by atoms with van der Waals surface area (Å²) in [7, 11) is 0. The molecule has 3 aromatic carbocycles. The van der Waals surface area contributed by atoms with Crippen molar-refractivity contribution in [2.45, 2.75) is 51.6 Å². The molecule has 0 N–H and O–H groups in total. The van der Waals surface area contributed by atoms with Crippen LogP contribution in [0, 0.1) is 0 Å². The van der Waals surface area contributed by atoms with Gasteiger partial charge in [0.2, 0.25) is 0 Å². The molecule has 3 aromatic rings. The van der Waals surface area contributed by atoms with Gasteiger partial charge >= 0.3 is 0 Å². The molecule has 0 spiro atoms. The molecule has 3 heterocycles. The smallest absolute Gasteiger partial charge is 0.253 e. The fourth-order valence-corrected chi connectivity index (χ4v) is 6.88. The molecule has 234 valence electrons. The topological polar surface area (TPSA) is 45.3 Å². The molecule has 0 radical (unpaired) electrons. The minimum atomic E-state index is -0.322. The Labute approximate surface area is 267 Å². The van der Waals surface area contributed by atoms with Gasteiger partial charge in [0.25, 0.3) is 5.91 Å². The summed E-state index contributed by atoms with van der Waals surface area (Å²) >= 11 is 6.13. The Morgan fingerprint density at radius 3 is 2.11 bits per heavy atom. The first kappa shape index (κ1) is 31.1. The maximum absolute atomic E-state index is 13.4. The van der Waals surface area contributed by atoms with Gasteiger partial charge in [-0.2, -0.15) is 0 Å². The molecule has 3 aliphatic rings. The number of carbonyl (C=O) groups is 1. The number of piperazine rings is 1. The van der Waals surface area contributed by atoms with E-state index in [0.29, 0.717) is 0 Å². The monoisotopic (exact) mass is 615 g/mol. The van der Waals surface area contributed by atoms with E-state index in [1.807, 2.05) is 29.2 Å². The molecule has 0 bridgehead atoms. The molecule has 6 rings (SSSR count). The van der Waals surface area contributed by atoms with E-state index in [0.717, 1.165) is 100 Å². The fourth-order valence-electron chi connectivity index (χ4n) is 6.75. The lowest BCUT2D eigenvalue weighted by Gasteiger charge is -2.36. The summed E-state index contributed by atoms with van der Waals surface area (Å²) in [5, 5.41) is 0.750. The number of hydrogen-bond donors (Lipinski definition) is 0. The third-order valence-electron chi connectivity index (χ3n) is 9.34. The van der Waals surface area contributed by atoms with Crippen LogP contribution < -0.4 is 4.74 Å². The van der Waals surface area contributed by atoms with Crippen LogP contribution >= 0.6 is 11.6 Å². The predicted octanol–water partition coefficient (Wildman–Crippen LogP) is 6.33. The van der Waals surface area contributed by atoms with Crippen LogP contribution in [-0.4, -0.2) is 91.8 Å². The van der Waals surface area contributed by atoms with Gasteiger partial charge in [0.05, 0.1) is 13.2 Å². The summed E-state index contributed by atoms with van der Waals surface area (Å²) in [5.74, 6) is 1.15. The molecule has 0 aromatic heterocycles. The molecule has 3 aliphatic heterocycles. The Hall–Kier alpha value is -2.90. The number of nitrogens with zero attached hydrogens (tertiary/aromatic N) is 3. The molecule has 1 atom stereocenters. The van der Waals surface area contributed by atoms with Gasteiger partial charge in [0.1, 0.15) is 11.4 Å². The summed E-state index contributed by atoms with van der Waals surface area (Å²) in [6, 6.07) is 20.8. The zero-order valence-corrected chi connectivity index (χ0v) is 27.5. The highest BCUT2D eigenvalue weighted by molar-refractivity contribution is 6.30. The van der Waals surface area contributed by atoms with E-state index in [9.17, 15) is 4.79 Å². The molecule has 1 unspecified atom stereocenters. The van der Waals surface area contributed by atoms with Gasteiger partial charge in [-0.05, 0) is 71.0 Å². The van der Waals surface area contributed by atoms with Gasteiger partial charge in [-0.3, -0.25) is 14.6 Å². The summed E-state index contributed by atoms with van der Waals surface area (Å²) in [6.07, 6.45) is 1.66. The lowest BCUT2D eigenvalue weighted by Crippen LogP contribution is -2.51. The highest BCUT2D eigenvalue weighted by atomic mass is 35.5. The molecule has 44 heavy (non-hydrogen) atoms. The van der Waals surface area contributed by atoms with Crippen molar-refractivity contribution in [3.05, 3.63) is 87.9 Å². The van der Waals surface area contributed by atoms with Crippen molar-refractivity contribution in [2.24, 2.45) is 0 Å². The van der Waals surface area contributed by atoms with E-state index in [2.05, 4.69) is 73.9 Å². The minimum Gasteiger partial charge on any atom is -0.486 e. The van der Waals surface area contributed by atoms with E-state index >= 15 is 0 Å². The number of carbonyl (C=O) groups excluding carboxylic acids is 1. The van der Waals surface area contributed by atoms with Crippen LogP contribution in [0.1, 0.15) is 54.7 Å². The standard InChI is InChI=1S/C37H46ClN3O3/c1-36(2,3)33-24-30(23-31-26-37(4,44-34(31)33)25-27-5-11-32(38)12-6-27)28-7-9-29(10-8-28)35(42)41-17-15-39(16-18-41)13-14-40-19-21-43-22-20-40/h5-12,23-24H,13-22,25-26H2,1-4H3. The van der Waals surface area contributed by atoms with Crippen molar-refractivity contribution in [3.8, 4) is 16.9 Å². The average molecular weight is 616 g/mol. The summed E-state index contributed by atoms with van der Waals surface area (Å²) in [6.45, 7) is 18.2. The fraction of sp³-hybridized carbons (Fsp3) is 0.486. The molecule has 1 amide bonds. The Kier molecular flexibility index (Phi) is 9.07. The van der Waals surface area contributed by atoms with Gasteiger partial charge in [-0.1, -0.05) is 56.6 Å². The molecular formula is C37H46ClN3O3. The quantitative estimate of drug-likeness (QED) is 0.311. The number of ether oxygens (including phenoxy) is 2. The highest BCUT2D eigenvalue weighted by Crippen LogP contribution is 2.46.